The van der Waals surface area contributed by atoms with Gasteiger partial charge in [-0.25, -0.2) is 8.42 Å². The molecule has 2 aromatic rings. The van der Waals surface area contributed by atoms with Gasteiger partial charge in [0.1, 0.15) is 0 Å². The fraction of sp³-hybridized carbons (Fsp3) is 0.333. The Morgan fingerprint density at radius 1 is 1.13 bits per heavy atom. The van der Waals surface area contributed by atoms with Crippen molar-refractivity contribution in [3.05, 3.63) is 40.4 Å². The van der Waals surface area contributed by atoms with Crippen molar-refractivity contribution in [3.63, 3.8) is 0 Å². The van der Waals surface area contributed by atoms with E-state index >= 15 is 0 Å². The van der Waals surface area contributed by atoms with Gasteiger partial charge < -0.3 is 5.32 Å². The van der Waals surface area contributed by atoms with Crippen LogP contribution in [-0.4, -0.2) is 24.4 Å². The van der Waals surface area contributed by atoms with Crippen molar-refractivity contribution in [1.29, 1.82) is 0 Å². The number of aryl methyl sites for hydroxylation is 2. The SMILES string of the molecule is CCCS(=O)(=O)Nc1ccc(Nc2c(C)cc(C)cc2Cl)nn1. The maximum absolute atomic E-state index is 11.7. The van der Waals surface area contributed by atoms with Crippen molar-refractivity contribution in [1.82, 2.24) is 10.2 Å². The van der Waals surface area contributed by atoms with Gasteiger partial charge in [-0.15, -0.1) is 10.2 Å². The van der Waals surface area contributed by atoms with Gasteiger partial charge in [0.25, 0.3) is 0 Å². The van der Waals surface area contributed by atoms with E-state index in [0.29, 0.717) is 17.3 Å². The zero-order chi connectivity index (χ0) is 17.0. The van der Waals surface area contributed by atoms with Crippen LogP contribution < -0.4 is 10.0 Å². The predicted molar refractivity (Wildman–Crippen MR) is 93.9 cm³/mol. The highest BCUT2D eigenvalue weighted by Gasteiger charge is 2.11. The summed E-state index contributed by atoms with van der Waals surface area (Å²) in [5.41, 5.74) is 2.82. The maximum Gasteiger partial charge on any atom is 0.233 e. The van der Waals surface area contributed by atoms with Gasteiger partial charge in [-0.3, -0.25) is 4.72 Å². The van der Waals surface area contributed by atoms with Crippen molar-refractivity contribution < 1.29 is 8.42 Å². The number of benzene rings is 1. The summed E-state index contributed by atoms with van der Waals surface area (Å²) < 4.78 is 25.8. The van der Waals surface area contributed by atoms with Crippen LogP contribution in [0.2, 0.25) is 5.02 Å². The van der Waals surface area contributed by atoms with Crippen molar-refractivity contribution in [2.24, 2.45) is 0 Å². The minimum atomic E-state index is -3.37. The number of anilines is 3. The highest BCUT2D eigenvalue weighted by molar-refractivity contribution is 7.92. The summed E-state index contributed by atoms with van der Waals surface area (Å²) in [6.45, 7) is 5.72. The number of nitrogens with zero attached hydrogens (tertiary/aromatic N) is 2. The second-order valence-electron chi connectivity index (χ2n) is 5.29. The zero-order valence-electron chi connectivity index (χ0n) is 13.2. The molecule has 0 aliphatic carbocycles. The van der Waals surface area contributed by atoms with Crippen LogP contribution in [0, 0.1) is 13.8 Å². The Hall–Kier alpha value is -1.86. The molecule has 1 aromatic heterocycles. The van der Waals surface area contributed by atoms with E-state index in [1.54, 1.807) is 19.1 Å². The number of aromatic nitrogens is 2. The van der Waals surface area contributed by atoms with E-state index in [-0.39, 0.29) is 11.6 Å². The molecule has 2 N–H and O–H groups in total. The summed E-state index contributed by atoms with van der Waals surface area (Å²) in [4.78, 5) is 0. The molecule has 0 radical (unpaired) electrons. The molecule has 1 heterocycles. The van der Waals surface area contributed by atoms with Gasteiger partial charge in [0.2, 0.25) is 10.0 Å². The Morgan fingerprint density at radius 2 is 1.78 bits per heavy atom. The lowest BCUT2D eigenvalue weighted by Crippen LogP contribution is -2.17. The largest absolute Gasteiger partial charge is 0.337 e. The molecule has 0 unspecified atom stereocenters. The topological polar surface area (TPSA) is 84.0 Å². The molecule has 0 fully saturated rings. The third kappa shape index (κ3) is 4.80. The lowest BCUT2D eigenvalue weighted by molar-refractivity contribution is 0.599. The molecule has 0 atom stereocenters. The van der Waals surface area contributed by atoms with Crippen molar-refractivity contribution in [3.8, 4) is 0 Å². The molecule has 23 heavy (non-hydrogen) atoms. The number of halogens is 1. The highest BCUT2D eigenvalue weighted by Crippen LogP contribution is 2.29. The van der Waals surface area contributed by atoms with Gasteiger partial charge in [0.05, 0.1) is 16.5 Å². The molecule has 0 saturated heterocycles. The predicted octanol–water partition coefficient (Wildman–Crippen LogP) is 3.64. The molecule has 0 aliphatic rings. The summed E-state index contributed by atoms with van der Waals surface area (Å²) in [6, 6.07) is 7.07. The Labute approximate surface area is 141 Å². The van der Waals surface area contributed by atoms with Gasteiger partial charge in [-0.05, 0) is 49.6 Å². The van der Waals surface area contributed by atoms with Crippen molar-refractivity contribution in [2.75, 3.05) is 15.8 Å². The monoisotopic (exact) mass is 354 g/mol. The first kappa shape index (κ1) is 17.5. The van der Waals surface area contributed by atoms with Crippen LogP contribution in [0.3, 0.4) is 0 Å². The minimum absolute atomic E-state index is 0.0485. The van der Waals surface area contributed by atoms with Crippen molar-refractivity contribution >= 4 is 38.9 Å². The number of hydrogen-bond acceptors (Lipinski definition) is 5. The Kier molecular flexibility index (Phi) is 5.43. The molecule has 1 aromatic carbocycles. The standard InChI is InChI=1S/C15H19ClN4O2S/c1-4-7-23(21,22)20-14-6-5-13(18-19-14)17-15-11(3)8-10(2)9-12(15)16/h5-6,8-9H,4,7H2,1-3H3,(H,17,18)(H,19,20). The number of nitrogens with one attached hydrogen (secondary N) is 2. The van der Waals surface area contributed by atoms with E-state index in [1.807, 2.05) is 26.0 Å². The lowest BCUT2D eigenvalue weighted by Gasteiger charge is -2.12. The van der Waals surface area contributed by atoms with Crippen LogP contribution in [0.1, 0.15) is 24.5 Å². The summed E-state index contributed by atoms with van der Waals surface area (Å²) in [6.07, 6.45) is 0.535. The van der Waals surface area contributed by atoms with E-state index in [2.05, 4.69) is 20.2 Å². The molecule has 0 saturated carbocycles. The van der Waals surface area contributed by atoms with Crippen molar-refractivity contribution in [2.45, 2.75) is 27.2 Å². The minimum Gasteiger partial charge on any atom is -0.337 e. The first-order valence-corrected chi connectivity index (χ1v) is 9.22. The Morgan fingerprint density at radius 3 is 2.35 bits per heavy atom. The fourth-order valence-corrected chi connectivity index (χ4v) is 3.57. The molecule has 0 bridgehead atoms. The molecule has 6 nitrogen and oxygen atoms in total. The molecule has 2 rings (SSSR count). The highest BCUT2D eigenvalue weighted by atomic mass is 35.5. The summed E-state index contributed by atoms with van der Waals surface area (Å²) >= 11 is 6.24. The van der Waals surface area contributed by atoms with Crippen LogP contribution in [0.5, 0.6) is 0 Å². The third-order valence-corrected chi connectivity index (χ3v) is 4.85. The second-order valence-corrected chi connectivity index (χ2v) is 7.54. The molecular weight excluding hydrogens is 336 g/mol. The molecule has 0 amide bonds. The first-order valence-electron chi connectivity index (χ1n) is 7.18. The van der Waals surface area contributed by atoms with Gasteiger partial charge >= 0.3 is 0 Å². The maximum atomic E-state index is 11.7. The van der Waals surface area contributed by atoms with E-state index in [1.165, 1.54) is 0 Å². The Balaban J connectivity index is 2.15. The Bertz CT molecular complexity index is 769. The van der Waals surface area contributed by atoms with Crippen LogP contribution in [0.25, 0.3) is 0 Å². The quantitative estimate of drug-likeness (QED) is 0.827. The smallest absolute Gasteiger partial charge is 0.233 e. The fourth-order valence-electron chi connectivity index (χ4n) is 2.13. The van der Waals surface area contributed by atoms with Gasteiger partial charge in [0.15, 0.2) is 11.6 Å². The average molecular weight is 355 g/mol. The van der Waals surface area contributed by atoms with Crippen LogP contribution in [0.15, 0.2) is 24.3 Å². The molecule has 0 spiro atoms. The number of rotatable bonds is 6. The number of sulfonamides is 1. The van der Waals surface area contributed by atoms with Crippen LogP contribution >= 0.6 is 11.6 Å². The second kappa shape index (κ2) is 7.14. The first-order chi connectivity index (χ1) is 10.8. The summed E-state index contributed by atoms with van der Waals surface area (Å²) in [5.74, 6) is 0.723. The van der Waals surface area contributed by atoms with Gasteiger partial charge in [-0.1, -0.05) is 24.6 Å². The van der Waals surface area contributed by atoms with Crippen LogP contribution in [0.4, 0.5) is 17.3 Å². The third-order valence-electron chi connectivity index (χ3n) is 3.08. The molecule has 124 valence electrons. The molecule has 0 aliphatic heterocycles. The van der Waals surface area contributed by atoms with E-state index in [9.17, 15) is 8.42 Å². The summed E-state index contributed by atoms with van der Waals surface area (Å²) in [7, 11) is -3.37. The van der Waals surface area contributed by atoms with E-state index in [0.717, 1.165) is 16.8 Å². The average Bonchev–Trinajstić information content (AvgIpc) is 2.44. The number of hydrogen-bond donors (Lipinski definition) is 2. The van der Waals surface area contributed by atoms with E-state index < -0.39 is 10.0 Å². The van der Waals surface area contributed by atoms with Gasteiger partial charge in [0, 0.05) is 0 Å². The normalized spacial score (nSPS) is 11.3. The van der Waals surface area contributed by atoms with Gasteiger partial charge in [-0.2, -0.15) is 0 Å². The van der Waals surface area contributed by atoms with Crippen LogP contribution in [-0.2, 0) is 10.0 Å². The zero-order valence-corrected chi connectivity index (χ0v) is 14.8. The summed E-state index contributed by atoms with van der Waals surface area (Å²) in [5, 5.41) is 11.5. The lowest BCUT2D eigenvalue weighted by atomic mass is 10.1. The molecule has 8 heteroatoms. The van der Waals surface area contributed by atoms with E-state index in [4.69, 9.17) is 11.6 Å². The molecular formula is C15H19ClN4O2S.